The van der Waals surface area contributed by atoms with E-state index in [0.717, 1.165) is 34.0 Å². The van der Waals surface area contributed by atoms with Crippen molar-refractivity contribution >= 4 is 17.6 Å². The van der Waals surface area contributed by atoms with Gasteiger partial charge in [-0.3, -0.25) is 0 Å². The fraction of sp³-hybridized carbons (Fsp3) is 0.259. The molecule has 1 aliphatic heterocycles. The van der Waals surface area contributed by atoms with Crippen molar-refractivity contribution in [3.63, 3.8) is 0 Å². The smallest absolute Gasteiger partial charge is 0.318 e. The normalized spacial score (nSPS) is 15.1. The molecule has 174 valence electrons. The van der Waals surface area contributed by atoms with Crippen molar-refractivity contribution in [2.45, 2.75) is 33.4 Å². The molecule has 2 aromatic heterocycles. The van der Waals surface area contributed by atoms with E-state index in [1.165, 1.54) is 0 Å². The predicted molar refractivity (Wildman–Crippen MR) is 135 cm³/mol. The molecule has 0 saturated carbocycles. The van der Waals surface area contributed by atoms with Crippen LogP contribution in [0.1, 0.15) is 42.4 Å². The second-order valence-corrected chi connectivity index (χ2v) is 9.54. The molecule has 7 heteroatoms. The topological polar surface area (TPSA) is 55.1 Å². The van der Waals surface area contributed by atoms with Crippen molar-refractivity contribution < 1.29 is 4.79 Å². The Labute approximate surface area is 204 Å². The lowest BCUT2D eigenvalue weighted by molar-refractivity contribution is 0.179. The number of fused-ring (bicyclic) bond motifs is 3. The lowest BCUT2D eigenvalue weighted by Crippen LogP contribution is -2.43. The lowest BCUT2D eigenvalue weighted by Gasteiger charge is -2.31. The molecule has 4 aromatic rings. The van der Waals surface area contributed by atoms with Gasteiger partial charge in [-0.1, -0.05) is 55.8 Å². The standard InChI is InChI=1S/C27H28ClN5O/c1-18(2)16-29-27(34)32-17-23-19(3)30-33(22-11-5-4-6-12-22)26(23)31-14-8-13-24(31)25(32)20-9-7-10-21(28)15-20/h4-15,18,25H,16-17H2,1-3H3,(H,29,34)/t25-/m1/s1. The zero-order valence-corrected chi connectivity index (χ0v) is 20.3. The van der Waals surface area contributed by atoms with E-state index in [9.17, 15) is 4.79 Å². The van der Waals surface area contributed by atoms with Gasteiger partial charge in [-0.05, 0) is 54.8 Å². The van der Waals surface area contributed by atoms with Gasteiger partial charge in [0.05, 0.1) is 29.7 Å². The maximum Gasteiger partial charge on any atom is 0.318 e. The van der Waals surface area contributed by atoms with Crippen LogP contribution in [0.15, 0.2) is 72.9 Å². The third kappa shape index (κ3) is 3.99. The van der Waals surface area contributed by atoms with Crippen LogP contribution in [0.5, 0.6) is 0 Å². The first-order chi connectivity index (χ1) is 16.4. The second kappa shape index (κ2) is 9.03. The summed E-state index contributed by atoms with van der Waals surface area (Å²) in [5.41, 5.74) is 4.84. The van der Waals surface area contributed by atoms with E-state index in [-0.39, 0.29) is 12.1 Å². The largest absolute Gasteiger partial charge is 0.338 e. The molecule has 0 unspecified atom stereocenters. The van der Waals surface area contributed by atoms with Crippen LogP contribution in [-0.4, -0.2) is 31.8 Å². The summed E-state index contributed by atoms with van der Waals surface area (Å²) in [6.45, 7) is 7.22. The van der Waals surface area contributed by atoms with Crippen LogP contribution >= 0.6 is 11.6 Å². The highest BCUT2D eigenvalue weighted by molar-refractivity contribution is 6.30. The number of amides is 2. The van der Waals surface area contributed by atoms with Crippen LogP contribution in [0.4, 0.5) is 4.79 Å². The number of aromatic nitrogens is 3. The van der Waals surface area contributed by atoms with Gasteiger partial charge in [0.15, 0.2) is 0 Å². The predicted octanol–water partition coefficient (Wildman–Crippen LogP) is 5.90. The van der Waals surface area contributed by atoms with Gasteiger partial charge in [0.2, 0.25) is 0 Å². The monoisotopic (exact) mass is 473 g/mol. The van der Waals surface area contributed by atoms with Crippen molar-refractivity contribution in [1.82, 2.24) is 24.6 Å². The summed E-state index contributed by atoms with van der Waals surface area (Å²) in [7, 11) is 0. The third-order valence-corrected chi connectivity index (χ3v) is 6.41. The van der Waals surface area contributed by atoms with Crippen LogP contribution in [0.25, 0.3) is 11.5 Å². The number of hydrogen-bond donors (Lipinski definition) is 1. The maximum absolute atomic E-state index is 13.6. The molecule has 0 spiro atoms. The molecular formula is C27H28ClN5O. The molecule has 34 heavy (non-hydrogen) atoms. The zero-order chi connectivity index (χ0) is 23.8. The highest BCUT2D eigenvalue weighted by Crippen LogP contribution is 2.38. The van der Waals surface area contributed by atoms with Crippen LogP contribution in [0, 0.1) is 12.8 Å². The summed E-state index contributed by atoms with van der Waals surface area (Å²) in [5.74, 6) is 1.30. The quantitative estimate of drug-likeness (QED) is 0.401. The van der Waals surface area contributed by atoms with Gasteiger partial charge in [0.25, 0.3) is 0 Å². The first kappa shape index (κ1) is 22.3. The first-order valence-corrected chi connectivity index (χ1v) is 11.9. The molecule has 2 amide bonds. The van der Waals surface area contributed by atoms with E-state index in [1.54, 1.807) is 0 Å². The lowest BCUT2D eigenvalue weighted by atomic mass is 10.0. The Balaban J connectivity index is 1.72. The van der Waals surface area contributed by atoms with E-state index in [2.05, 4.69) is 29.8 Å². The number of aryl methyl sites for hydroxylation is 1. The van der Waals surface area contributed by atoms with Crippen LogP contribution in [0.3, 0.4) is 0 Å². The first-order valence-electron chi connectivity index (χ1n) is 11.6. The Morgan fingerprint density at radius 3 is 2.65 bits per heavy atom. The second-order valence-electron chi connectivity index (χ2n) is 9.10. The minimum Gasteiger partial charge on any atom is -0.338 e. The Morgan fingerprint density at radius 1 is 1.12 bits per heavy atom. The van der Waals surface area contributed by atoms with E-state index >= 15 is 0 Å². The minimum atomic E-state index is -0.308. The fourth-order valence-corrected chi connectivity index (χ4v) is 4.77. The summed E-state index contributed by atoms with van der Waals surface area (Å²) >= 11 is 6.39. The number of hydrogen-bond acceptors (Lipinski definition) is 2. The molecule has 5 rings (SSSR count). The number of nitrogens with one attached hydrogen (secondary N) is 1. The van der Waals surface area contributed by atoms with Gasteiger partial charge in [-0.2, -0.15) is 5.10 Å². The molecule has 6 nitrogen and oxygen atoms in total. The van der Waals surface area contributed by atoms with Gasteiger partial charge in [-0.25, -0.2) is 9.48 Å². The number of halogens is 1. The highest BCUT2D eigenvalue weighted by Gasteiger charge is 2.36. The number of para-hydroxylation sites is 1. The molecule has 0 bridgehead atoms. The number of carbonyl (C=O) groups is 1. The SMILES string of the molecule is Cc1nn(-c2ccccc2)c2c1CN(C(=O)NCC(C)C)[C@H](c1cccc(Cl)c1)c1cccn1-2. The van der Waals surface area contributed by atoms with Crippen molar-refractivity contribution in [3.8, 4) is 11.5 Å². The molecule has 3 heterocycles. The number of benzene rings is 2. The summed E-state index contributed by atoms with van der Waals surface area (Å²) in [5, 5.41) is 8.65. The molecule has 1 aliphatic rings. The van der Waals surface area contributed by atoms with Gasteiger partial charge in [0, 0.05) is 23.3 Å². The average Bonchev–Trinajstić information content (AvgIpc) is 3.38. The molecule has 0 fully saturated rings. The number of carbonyl (C=O) groups excluding carboxylic acids is 1. The minimum absolute atomic E-state index is 0.105. The molecule has 1 atom stereocenters. The molecule has 0 saturated heterocycles. The molecule has 0 radical (unpaired) electrons. The van der Waals surface area contributed by atoms with Crippen LogP contribution in [-0.2, 0) is 6.54 Å². The van der Waals surface area contributed by atoms with Crippen LogP contribution < -0.4 is 5.32 Å². The third-order valence-electron chi connectivity index (χ3n) is 6.17. The van der Waals surface area contributed by atoms with E-state index < -0.39 is 0 Å². The molecule has 1 N–H and O–H groups in total. The molecule has 2 aromatic carbocycles. The van der Waals surface area contributed by atoms with Gasteiger partial charge in [0.1, 0.15) is 5.82 Å². The number of rotatable bonds is 4. The molecular weight excluding hydrogens is 446 g/mol. The molecule has 0 aliphatic carbocycles. The van der Waals surface area contributed by atoms with E-state index in [0.29, 0.717) is 24.0 Å². The Bertz CT molecular complexity index is 1320. The van der Waals surface area contributed by atoms with Crippen molar-refractivity contribution in [1.29, 1.82) is 0 Å². The maximum atomic E-state index is 13.6. The Hall–Kier alpha value is -3.51. The summed E-state index contributed by atoms with van der Waals surface area (Å²) < 4.78 is 4.13. The van der Waals surface area contributed by atoms with Crippen molar-refractivity contribution in [3.05, 3.63) is 100 Å². The number of nitrogens with zero attached hydrogens (tertiary/aromatic N) is 4. The van der Waals surface area contributed by atoms with Gasteiger partial charge < -0.3 is 14.8 Å². The Morgan fingerprint density at radius 2 is 1.91 bits per heavy atom. The van der Waals surface area contributed by atoms with Crippen LogP contribution in [0.2, 0.25) is 5.02 Å². The fourth-order valence-electron chi connectivity index (χ4n) is 4.57. The van der Waals surface area contributed by atoms with Crippen molar-refractivity contribution in [2.24, 2.45) is 5.92 Å². The number of urea groups is 1. The summed E-state index contributed by atoms with van der Waals surface area (Å²) in [6, 6.07) is 21.5. The van der Waals surface area contributed by atoms with Gasteiger partial charge in [-0.15, -0.1) is 0 Å². The Kier molecular flexibility index (Phi) is 5.92. The average molecular weight is 474 g/mol. The summed E-state index contributed by atoms with van der Waals surface area (Å²) in [6.07, 6.45) is 2.04. The zero-order valence-electron chi connectivity index (χ0n) is 19.6. The van der Waals surface area contributed by atoms with Crippen molar-refractivity contribution in [2.75, 3.05) is 6.54 Å². The van der Waals surface area contributed by atoms with Gasteiger partial charge >= 0.3 is 6.03 Å². The highest BCUT2D eigenvalue weighted by atomic mass is 35.5. The van der Waals surface area contributed by atoms with E-state index in [1.807, 2.05) is 83.4 Å². The summed E-state index contributed by atoms with van der Waals surface area (Å²) in [4.78, 5) is 15.5. The van der Waals surface area contributed by atoms with E-state index in [4.69, 9.17) is 16.7 Å².